The van der Waals surface area contributed by atoms with Gasteiger partial charge >= 0.3 is 12.1 Å². The molecule has 10 nitrogen and oxygen atoms in total. The van der Waals surface area contributed by atoms with E-state index in [-0.39, 0.29) is 13.2 Å². The number of hydrogen-bond acceptors (Lipinski definition) is 8. The lowest BCUT2D eigenvalue weighted by Crippen LogP contribution is -2.64. The van der Waals surface area contributed by atoms with Crippen LogP contribution in [0, 0.1) is 5.92 Å². The van der Waals surface area contributed by atoms with Crippen molar-refractivity contribution in [3.8, 4) is 0 Å². The maximum atomic E-state index is 13.5. The molecule has 0 aromatic rings. The standard InChI is InChI=1S/C21H37N3O7/c1-10-11-30-12-14(23-19(28)31-20(4,5)6)16(25)24(18(27)21(7,8)22)15(13(2)3)17(26)29-9/h10,13-15H,1,11-12,22H2,2-9H3,(H,23,28)/t14-,15-/m0/s1. The molecule has 0 spiro atoms. The Morgan fingerprint density at radius 3 is 2.06 bits per heavy atom. The first-order valence-electron chi connectivity index (χ1n) is 9.99. The number of nitrogens with zero attached hydrogens (tertiary/aromatic N) is 1. The Morgan fingerprint density at radius 2 is 1.68 bits per heavy atom. The summed E-state index contributed by atoms with van der Waals surface area (Å²) in [6.45, 7) is 14.5. The summed E-state index contributed by atoms with van der Waals surface area (Å²) in [5.74, 6) is -2.95. The molecular weight excluding hydrogens is 406 g/mol. The van der Waals surface area contributed by atoms with Crippen molar-refractivity contribution in [1.82, 2.24) is 10.2 Å². The molecule has 10 heteroatoms. The van der Waals surface area contributed by atoms with Gasteiger partial charge < -0.3 is 25.3 Å². The molecule has 3 amide bonds. The van der Waals surface area contributed by atoms with Crippen LogP contribution in [0.15, 0.2) is 12.7 Å². The molecule has 0 aliphatic carbocycles. The Bertz CT molecular complexity index is 663. The molecule has 0 saturated carbocycles. The first-order chi connectivity index (χ1) is 14.1. The number of hydrogen-bond donors (Lipinski definition) is 2. The minimum Gasteiger partial charge on any atom is -0.467 e. The third-order valence-electron chi connectivity index (χ3n) is 3.87. The van der Waals surface area contributed by atoms with E-state index in [1.807, 2.05) is 0 Å². The van der Waals surface area contributed by atoms with Gasteiger partial charge in [-0.3, -0.25) is 14.5 Å². The molecule has 178 valence electrons. The van der Waals surface area contributed by atoms with Crippen molar-refractivity contribution in [2.75, 3.05) is 20.3 Å². The number of ether oxygens (including phenoxy) is 3. The molecule has 31 heavy (non-hydrogen) atoms. The van der Waals surface area contributed by atoms with Gasteiger partial charge in [0.25, 0.3) is 5.91 Å². The minimum atomic E-state index is -1.48. The van der Waals surface area contributed by atoms with Gasteiger partial charge in [-0.05, 0) is 40.5 Å². The Kier molecular flexibility index (Phi) is 10.9. The quantitative estimate of drug-likeness (QED) is 0.293. The second kappa shape index (κ2) is 11.8. The molecule has 0 bridgehead atoms. The number of rotatable bonds is 10. The molecule has 2 atom stereocenters. The predicted octanol–water partition coefficient (Wildman–Crippen LogP) is 1.37. The lowest BCUT2D eigenvalue weighted by Gasteiger charge is -2.36. The van der Waals surface area contributed by atoms with Crippen molar-refractivity contribution in [3.63, 3.8) is 0 Å². The lowest BCUT2D eigenvalue weighted by atomic mass is 9.97. The largest absolute Gasteiger partial charge is 0.467 e. The van der Waals surface area contributed by atoms with Gasteiger partial charge in [-0.15, -0.1) is 6.58 Å². The van der Waals surface area contributed by atoms with E-state index in [4.69, 9.17) is 19.9 Å². The van der Waals surface area contributed by atoms with Gasteiger partial charge in [-0.2, -0.15) is 0 Å². The molecule has 0 rings (SSSR count). The average Bonchev–Trinajstić information content (AvgIpc) is 2.61. The van der Waals surface area contributed by atoms with Gasteiger partial charge in [0.05, 0.1) is 25.9 Å². The van der Waals surface area contributed by atoms with Crippen LogP contribution in [0.1, 0.15) is 48.5 Å². The van der Waals surface area contributed by atoms with Gasteiger partial charge in [0, 0.05) is 0 Å². The molecule has 0 fully saturated rings. The smallest absolute Gasteiger partial charge is 0.408 e. The molecule has 0 radical (unpaired) electrons. The maximum Gasteiger partial charge on any atom is 0.408 e. The molecule has 0 heterocycles. The summed E-state index contributed by atoms with van der Waals surface area (Å²) in [6.07, 6.45) is 0.582. The van der Waals surface area contributed by atoms with Crippen molar-refractivity contribution >= 4 is 23.9 Å². The van der Waals surface area contributed by atoms with Gasteiger partial charge in [-0.25, -0.2) is 9.59 Å². The number of imide groups is 1. The van der Waals surface area contributed by atoms with Gasteiger partial charge in [0.1, 0.15) is 17.7 Å². The Balaban J connectivity index is 6.19. The normalized spacial score (nSPS) is 13.7. The maximum absolute atomic E-state index is 13.5. The minimum absolute atomic E-state index is 0.0979. The van der Waals surface area contributed by atoms with Crippen LogP contribution in [-0.2, 0) is 28.6 Å². The van der Waals surface area contributed by atoms with Crippen molar-refractivity contribution in [1.29, 1.82) is 0 Å². The highest BCUT2D eigenvalue weighted by molar-refractivity contribution is 6.05. The second-order valence-corrected chi connectivity index (χ2v) is 8.97. The highest BCUT2D eigenvalue weighted by Gasteiger charge is 2.44. The third kappa shape index (κ3) is 9.48. The molecule has 0 saturated heterocycles. The zero-order valence-corrected chi connectivity index (χ0v) is 19.8. The molecule has 0 aliphatic heterocycles. The summed E-state index contributed by atoms with van der Waals surface area (Å²) < 4.78 is 15.4. The van der Waals surface area contributed by atoms with E-state index in [1.165, 1.54) is 19.9 Å². The van der Waals surface area contributed by atoms with Crippen LogP contribution in [0.25, 0.3) is 0 Å². The highest BCUT2D eigenvalue weighted by Crippen LogP contribution is 2.19. The van der Waals surface area contributed by atoms with Crippen LogP contribution in [-0.4, -0.2) is 72.3 Å². The fourth-order valence-corrected chi connectivity index (χ4v) is 2.53. The highest BCUT2D eigenvalue weighted by atomic mass is 16.6. The SMILES string of the molecule is C=CCOC[C@H](NC(=O)OC(C)(C)C)C(=O)N(C(=O)C(C)(C)N)[C@H](C(=O)OC)C(C)C. The van der Waals surface area contributed by atoms with Gasteiger partial charge in [0.15, 0.2) is 0 Å². The van der Waals surface area contributed by atoms with Gasteiger partial charge in [-0.1, -0.05) is 19.9 Å². The van der Waals surface area contributed by atoms with E-state index in [0.29, 0.717) is 0 Å². The number of carbonyl (C=O) groups is 4. The number of alkyl carbamates (subject to hydrolysis) is 1. The molecular formula is C21H37N3O7. The summed E-state index contributed by atoms with van der Waals surface area (Å²) >= 11 is 0. The van der Waals surface area contributed by atoms with E-state index >= 15 is 0 Å². The predicted molar refractivity (Wildman–Crippen MR) is 115 cm³/mol. The Morgan fingerprint density at radius 1 is 1.13 bits per heavy atom. The summed E-state index contributed by atoms with van der Waals surface area (Å²) in [4.78, 5) is 52.1. The van der Waals surface area contributed by atoms with Crippen LogP contribution in [0.5, 0.6) is 0 Å². The van der Waals surface area contributed by atoms with Crippen molar-refractivity contribution in [2.45, 2.75) is 71.7 Å². The zero-order valence-electron chi connectivity index (χ0n) is 19.8. The summed E-state index contributed by atoms with van der Waals surface area (Å²) in [5, 5.41) is 2.41. The monoisotopic (exact) mass is 443 g/mol. The average molecular weight is 444 g/mol. The molecule has 0 unspecified atom stereocenters. The van der Waals surface area contributed by atoms with Crippen LogP contribution in [0.3, 0.4) is 0 Å². The molecule has 0 aliphatic rings. The number of amides is 3. The Labute approximate surface area is 184 Å². The van der Waals surface area contributed by atoms with E-state index in [1.54, 1.807) is 34.6 Å². The molecule has 0 aromatic carbocycles. The second-order valence-electron chi connectivity index (χ2n) is 8.97. The molecule has 0 aromatic heterocycles. The van der Waals surface area contributed by atoms with Crippen LogP contribution in [0.2, 0.25) is 0 Å². The Hall–Kier alpha value is -2.46. The van der Waals surface area contributed by atoms with Crippen LogP contribution >= 0.6 is 0 Å². The van der Waals surface area contributed by atoms with Crippen molar-refractivity contribution < 1.29 is 33.4 Å². The van der Waals surface area contributed by atoms with E-state index in [2.05, 4.69) is 11.9 Å². The lowest BCUT2D eigenvalue weighted by molar-refractivity contribution is -0.164. The topological polar surface area (TPSA) is 137 Å². The van der Waals surface area contributed by atoms with E-state index in [0.717, 1.165) is 12.0 Å². The fraction of sp³-hybridized carbons (Fsp3) is 0.714. The number of nitrogens with one attached hydrogen (secondary N) is 1. The third-order valence-corrected chi connectivity index (χ3v) is 3.87. The zero-order chi connectivity index (χ0) is 24.6. The van der Waals surface area contributed by atoms with E-state index in [9.17, 15) is 19.2 Å². The summed E-state index contributed by atoms with van der Waals surface area (Å²) in [6, 6.07) is -2.58. The summed E-state index contributed by atoms with van der Waals surface area (Å²) in [5.41, 5.74) is 3.66. The summed E-state index contributed by atoms with van der Waals surface area (Å²) in [7, 11) is 1.15. The number of nitrogens with two attached hydrogens (primary N) is 1. The number of carbonyl (C=O) groups excluding carboxylic acids is 4. The number of esters is 1. The van der Waals surface area contributed by atoms with E-state index < -0.39 is 53.0 Å². The molecule has 3 N–H and O–H groups in total. The first kappa shape index (κ1) is 28.5. The van der Waals surface area contributed by atoms with Crippen LogP contribution in [0.4, 0.5) is 4.79 Å². The first-order valence-corrected chi connectivity index (χ1v) is 9.99. The van der Waals surface area contributed by atoms with Crippen molar-refractivity contribution in [2.24, 2.45) is 11.7 Å². The van der Waals surface area contributed by atoms with Crippen LogP contribution < -0.4 is 11.1 Å². The fourth-order valence-electron chi connectivity index (χ4n) is 2.53. The number of methoxy groups -OCH3 is 1. The van der Waals surface area contributed by atoms with Crippen molar-refractivity contribution in [3.05, 3.63) is 12.7 Å². The van der Waals surface area contributed by atoms with Gasteiger partial charge in [0.2, 0.25) is 5.91 Å².